The molecule has 2 rings (SSSR count). The first-order valence-electron chi connectivity index (χ1n) is 5.56. The Hall–Kier alpha value is -0.570. The van der Waals surface area contributed by atoms with Crippen LogP contribution in [0.5, 0.6) is 0 Å². The van der Waals surface area contributed by atoms with Gasteiger partial charge in [0.05, 0.1) is 12.1 Å². The van der Waals surface area contributed by atoms with Gasteiger partial charge in [0.15, 0.2) is 0 Å². The molecule has 2 fully saturated rings. The van der Waals surface area contributed by atoms with Gasteiger partial charge in [-0.2, -0.15) is 0 Å². The molecule has 1 heterocycles. The summed E-state index contributed by atoms with van der Waals surface area (Å²) < 4.78 is 0. The zero-order valence-electron chi connectivity index (χ0n) is 8.94. The Morgan fingerprint density at radius 1 is 1.43 bits per heavy atom. The van der Waals surface area contributed by atoms with Crippen molar-refractivity contribution in [2.75, 3.05) is 6.54 Å². The summed E-state index contributed by atoms with van der Waals surface area (Å²) in [5, 5.41) is 9.92. The van der Waals surface area contributed by atoms with Gasteiger partial charge in [0.25, 0.3) is 0 Å². The second kappa shape index (κ2) is 3.54. The van der Waals surface area contributed by atoms with Crippen LogP contribution in [0.25, 0.3) is 0 Å². The van der Waals surface area contributed by atoms with Gasteiger partial charge in [-0.3, -0.25) is 4.79 Å². The lowest BCUT2D eigenvalue weighted by Gasteiger charge is -2.35. The average molecular weight is 197 g/mol. The maximum Gasteiger partial charge on any atom is 0.219 e. The summed E-state index contributed by atoms with van der Waals surface area (Å²) in [6.07, 6.45) is 2.85. The third-order valence-electron chi connectivity index (χ3n) is 3.85. The van der Waals surface area contributed by atoms with Crippen LogP contribution >= 0.6 is 0 Å². The number of aliphatic hydroxyl groups is 1. The molecule has 1 saturated heterocycles. The Bertz CT molecular complexity index is 241. The molecule has 1 saturated carbocycles. The summed E-state index contributed by atoms with van der Waals surface area (Å²) in [5.74, 6) is 1.20. The van der Waals surface area contributed by atoms with Gasteiger partial charge in [0.1, 0.15) is 0 Å². The molecule has 0 bridgehead atoms. The van der Waals surface area contributed by atoms with Gasteiger partial charge >= 0.3 is 0 Å². The van der Waals surface area contributed by atoms with Crippen molar-refractivity contribution in [3.8, 4) is 0 Å². The fourth-order valence-corrected chi connectivity index (χ4v) is 3.16. The molecule has 14 heavy (non-hydrogen) atoms. The number of rotatable bonds is 0. The smallest absolute Gasteiger partial charge is 0.219 e. The molecule has 0 radical (unpaired) electrons. The van der Waals surface area contributed by atoms with E-state index in [1.165, 1.54) is 6.42 Å². The van der Waals surface area contributed by atoms with Crippen LogP contribution in [0.4, 0.5) is 0 Å². The highest BCUT2D eigenvalue weighted by Crippen LogP contribution is 2.39. The van der Waals surface area contributed by atoms with Crippen LogP contribution in [0, 0.1) is 11.8 Å². The third kappa shape index (κ3) is 1.44. The van der Waals surface area contributed by atoms with Gasteiger partial charge in [-0.15, -0.1) is 0 Å². The first-order valence-corrected chi connectivity index (χ1v) is 5.56. The van der Waals surface area contributed by atoms with Crippen LogP contribution in [0.3, 0.4) is 0 Å². The minimum absolute atomic E-state index is 0.108. The summed E-state index contributed by atoms with van der Waals surface area (Å²) in [6.45, 7) is 4.64. The zero-order chi connectivity index (χ0) is 10.3. The highest BCUT2D eigenvalue weighted by atomic mass is 16.3. The Kier molecular flexibility index (Phi) is 2.52. The predicted octanol–water partition coefficient (Wildman–Crippen LogP) is 1.01. The first-order chi connectivity index (χ1) is 6.61. The maximum atomic E-state index is 11.4. The van der Waals surface area contributed by atoms with Gasteiger partial charge in [-0.1, -0.05) is 13.3 Å². The molecule has 0 spiro atoms. The lowest BCUT2D eigenvalue weighted by molar-refractivity contribution is -0.133. The van der Waals surface area contributed by atoms with Crippen molar-refractivity contribution in [3.63, 3.8) is 0 Å². The van der Waals surface area contributed by atoms with Crippen LogP contribution in [0.15, 0.2) is 0 Å². The van der Waals surface area contributed by atoms with E-state index < -0.39 is 0 Å². The molecule has 0 aromatic heterocycles. The number of fused-ring (bicyclic) bond motifs is 1. The molecule has 2 aliphatic rings. The molecule has 0 aromatic carbocycles. The standard InChI is InChI=1S/C11H19NO2/c1-7-6-12(8(2)13)11-9(7)4-3-5-10(11)14/h7,9-11,14H,3-6H2,1-2H3/t7-,9+,10-,11-/m0/s1. The van der Waals surface area contributed by atoms with E-state index >= 15 is 0 Å². The molecule has 0 aromatic rings. The second-order valence-corrected chi connectivity index (χ2v) is 4.80. The van der Waals surface area contributed by atoms with E-state index in [4.69, 9.17) is 0 Å². The van der Waals surface area contributed by atoms with Crippen molar-refractivity contribution < 1.29 is 9.90 Å². The Labute approximate surface area is 85.1 Å². The van der Waals surface area contributed by atoms with Crippen molar-refractivity contribution in [2.24, 2.45) is 11.8 Å². The van der Waals surface area contributed by atoms with Crippen molar-refractivity contribution >= 4 is 5.91 Å². The van der Waals surface area contributed by atoms with Crippen molar-refractivity contribution in [1.29, 1.82) is 0 Å². The topological polar surface area (TPSA) is 40.5 Å². The van der Waals surface area contributed by atoms with E-state index in [0.29, 0.717) is 11.8 Å². The lowest BCUT2D eigenvalue weighted by Crippen LogP contribution is -2.46. The van der Waals surface area contributed by atoms with E-state index in [2.05, 4.69) is 6.92 Å². The molecule has 80 valence electrons. The molecule has 3 nitrogen and oxygen atoms in total. The highest BCUT2D eigenvalue weighted by molar-refractivity contribution is 5.74. The minimum atomic E-state index is -0.289. The Morgan fingerprint density at radius 3 is 2.79 bits per heavy atom. The number of amides is 1. The molecule has 3 heteroatoms. The highest BCUT2D eigenvalue weighted by Gasteiger charge is 2.45. The molecule has 0 unspecified atom stereocenters. The molecule has 4 atom stereocenters. The van der Waals surface area contributed by atoms with Gasteiger partial charge in [0.2, 0.25) is 5.91 Å². The van der Waals surface area contributed by atoms with Crippen LogP contribution in [0.1, 0.15) is 33.1 Å². The number of nitrogens with zero attached hydrogens (tertiary/aromatic N) is 1. The number of aliphatic hydroxyl groups excluding tert-OH is 1. The number of likely N-dealkylation sites (tertiary alicyclic amines) is 1. The van der Waals surface area contributed by atoms with E-state index in [-0.39, 0.29) is 18.1 Å². The molecular formula is C11H19NO2. The SMILES string of the molecule is CC(=O)N1C[C@H](C)[C@H]2CCC[C@H](O)[C@H]21. The lowest BCUT2D eigenvalue weighted by atomic mass is 9.79. The third-order valence-corrected chi connectivity index (χ3v) is 3.85. The van der Waals surface area contributed by atoms with E-state index in [0.717, 1.165) is 19.4 Å². The number of hydrogen-bond acceptors (Lipinski definition) is 2. The van der Waals surface area contributed by atoms with Crippen molar-refractivity contribution in [2.45, 2.75) is 45.3 Å². The van der Waals surface area contributed by atoms with Crippen LogP contribution in [-0.2, 0) is 4.79 Å². The quantitative estimate of drug-likeness (QED) is 0.629. The summed E-state index contributed by atoms with van der Waals surface area (Å²) in [7, 11) is 0. The summed E-state index contributed by atoms with van der Waals surface area (Å²) in [6, 6.07) is 0.108. The van der Waals surface area contributed by atoms with Crippen LogP contribution in [-0.4, -0.2) is 34.6 Å². The van der Waals surface area contributed by atoms with Crippen LogP contribution < -0.4 is 0 Å². The van der Waals surface area contributed by atoms with Gasteiger partial charge in [-0.05, 0) is 24.7 Å². The van der Waals surface area contributed by atoms with E-state index in [9.17, 15) is 9.90 Å². The monoisotopic (exact) mass is 197 g/mol. The summed E-state index contributed by atoms with van der Waals surface area (Å²) >= 11 is 0. The molecular weight excluding hydrogens is 178 g/mol. The minimum Gasteiger partial charge on any atom is -0.391 e. The number of hydrogen-bond donors (Lipinski definition) is 1. The molecule has 1 amide bonds. The average Bonchev–Trinajstić information content (AvgIpc) is 2.46. The predicted molar refractivity (Wildman–Crippen MR) is 53.7 cm³/mol. The maximum absolute atomic E-state index is 11.4. The van der Waals surface area contributed by atoms with E-state index in [1.54, 1.807) is 6.92 Å². The summed E-state index contributed by atoms with van der Waals surface area (Å²) in [4.78, 5) is 13.3. The Balaban J connectivity index is 2.19. The largest absolute Gasteiger partial charge is 0.391 e. The molecule has 1 N–H and O–H groups in total. The number of carbonyl (C=O) groups is 1. The van der Waals surface area contributed by atoms with Crippen molar-refractivity contribution in [1.82, 2.24) is 4.90 Å². The number of carbonyl (C=O) groups excluding carboxylic acids is 1. The Morgan fingerprint density at radius 2 is 2.14 bits per heavy atom. The fraction of sp³-hybridized carbons (Fsp3) is 0.909. The fourth-order valence-electron chi connectivity index (χ4n) is 3.16. The van der Waals surface area contributed by atoms with Gasteiger partial charge < -0.3 is 10.0 Å². The normalized spacial score (nSPS) is 42.4. The van der Waals surface area contributed by atoms with Crippen molar-refractivity contribution in [3.05, 3.63) is 0 Å². The van der Waals surface area contributed by atoms with E-state index in [1.807, 2.05) is 4.90 Å². The van der Waals surface area contributed by atoms with Gasteiger partial charge in [-0.25, -0.2) is 0 Å². The second-order valence-electron chi connectivity index (χ2n) is 4.80. The van der Waals surface area contributed by atoms with Crippen LogP contribution in [0.2, 0.25) is 0 Å². The first kappa shape index (κ1) is 9.97. The molecule has 1 aliphatic heterocycles. The van der Waals surface area contributed by atoms with Gasteiger partial charge in [0, 0.05) is 13.5 Å². The summed E-state index contributed by atoms with van der Waals surface area (Å²) in [5.41, 5.74) is 0. The zero-order valence-corrected chi connectivity index (χ0v) is 8.94. The molecule has 1 aliphatic carbocycles.